The van der Waals surface area contributed by atoms with Gasteiger partial charge in [-0.25, -0.2) is 4.79 Å². The van der Waals surface area contributed by atoms with Crippen molar-refractivity contribution < 1.29 is 19.5 Å². The lowest BCUT2D eigenvalue weighted by Gasteiger charge is -2.28. The first kappa shape index (κ1) is 13.7. The number of fused-ring (bicyclic) bond motifs is 1. The maximum atomic E-state index is 11.6. The molecular formula is C14H19NO4. The fraction of sp³-hybridized carbons (Fsp3) is 0.500. The van der Waals surface area contributed by atoms with Gasteiger partial charge in [-0.2, -0.15) is 0 Å². The molecule has 0 unspecified atom stereocenters. The van der Waals surface area contributed by atoms with Gasteiger partial charge in [-0.15, -0.1) is 5.06 Å². The fourth-order valence-electron chi connectivity index (χ4n) is 1.97. The summed E-state index contributed by atoms with van der Waals surface area (Å²) in [6.45, 7) is 6.48. The Balaban J connectivity index is 1.95. The van der Waals surface area contributed by atoms with Gasteiger partial charge in [-0.1, -0.05) is 6.07 Å². The lowest BCUT2D eigenvalue weighted by atomic mass is 10.0. The van der Waals surface area contributed by atoms with Crippen molar-refractivity contribution in [2.45, 2.75) is 39.3 Å². The molecule has 1 aliphatic rings. The van der Waals surface area contributed by atoms with Gasteiger partial charge < -0.3 is 14.7 Å². The number of aromatic hydroxyl groups is 1. The molecule has 0 fully saturated rings. The summed E-state index contributed by atoms with van der Waals surface area (Å²) in [5, 5.41) is 11.0. The summed E-state index contributed by atoms with van der Waals surface area (Å²) in [6.07, 6.45) is 0.0433. The van der Waals surface area contributed by atoms with Gasteiger partial charge in [-0.3, -0.25) is 0 Å². The molecule has 2 rings (SSSR count). The number of benzene rings is 1. The number of carbonyl (C=O) groups is 1. The molecule has 5 heteroatoms. The number of hydrogen-bond donors (Lipinski definition) is 1. The predicted octanol–water partition coefficient (Wildman–Crippen LogP) is 2.62. The largest absolute Gasteiger partial charge is 0.528 e. The summed E-state index contributed by atoms with van der Waals surface area (Å²) in [7, 11) is 0. The third-order valence-electron chi connectivity index (χ3n) is 2.76. The molecule has 0 bridgehead atoms. The van der Waals surface area contributed by atoms with Crippen LogP contribution in [0.15, 0.2) is 18.2 Å². The average molecular weight is 265 g/mol. The first-order valence-corrected chi connectivity index (χ1v) is 6.30. The number of nitrogens with zero attached hydrogens (tertiary/aromatic N) is 1. The van der Waals surface area contributed by atoms with Crippen LogP contribution >= 0.6 is 0 Å². The SMILES string of the molecule is CC(C)(C)OC(=O)ON1CCc2cc(O)ccc2C1. The van der Waals surface area contributed by atoms with E-state index >= 15 is 0 Å². The molecule has 1 aromatic carbocycles. The van der Waals surface area contributed by atoms with E-state index in [1.807, 2.05) is 6.07 Å². The highest BCUT2D eigenvalue weighted by Gasteiger charge is 2.23. The highest BCUT2D eigenvalue weighted by molar-refractivity contribution is 5.60. The summed E-state index contributed by atoms with van der Waals surface area (Å²) in [4.78, 5) is 16.7. The Morgan fingerprint density at radius 2 is 2.05 bits per heavy atom. The standard InChI is InChI=1S/C14H19NO4/c1-14(2,3)18-13(17)19-15-7-6-10-8-12(16)5-4-11(10)9-15/h4-5,8,16H,6-7,9H2,1-3H3. The Labute approximate surface area is 112 Å². The van der Waals surface area contributed by atoms with Crippen LogP contribution in [-0.2, 0) is 22.5 Å². The minimum absolute atomic E-state index is 0.264. The van der Waals surface area contributed by atoms with Crippen molar-refractivity contribution in [1.82, 2.24) is 5.06 Å². The number of phenols is 1. The first-order chi connectivity index (χ1) is 8.83. The van der Waals surface area contributed by atoms with Crippen molar-refractivity contribution in [3.8, 4) is 5.75 Å². The zero-order valence-electron chi connectivity index (χ0n) is 11.5. The van der Waals surface area contributed by atoms with Crippen LogP contribution < -0.4 is 0 Å². The molecule has 0 aliphatic carbocycles. The minimum atomic E-state index is -0.685. The molecule has 1 aliphatic heterocycles. The molecule has 1 heterocycles. The van der Waals surface area contributed by atoms with Gasteiger partial charge in [0.15, 0.2) is 0 Å². The molecule has 0 spiro atoms. The van der Waals surface area contributed by atoms with E-state index in [1.54, 1.807) is 38.0 Å². The van der Waals surface area contributed by atoms with Crippen LogP contribution in [0.2, 0.25) is 0 Å². The molecule has 19 heavy (non-hydrogen) atoms. The summed E-state index contributed by atoms with van der Waals surface area (Å²) >= 11 is 0. The molecular weight excluding hydrogens is 246 g/mol. The number of hydroxylamine groups is 2. The Kier molecular flexibility index (Phi) is 3.66. The van der Waals surface area contributed by atoms with Crippen molar-refractivity contribution in [2.24, 2.45) is 0 Å². The van der Waals surface area contributed by atoms with Crippen LogP contribution in [-0.4, -0.2) is 28.5 Å². The van der Waals surface area contributed by atoms with Crippen molar-refractivity contribution in [1.29, 1.82) is 0 Å². The molecule has 0 saturated heterocycles. The number of hydrogen-bond acceptors (Lipinski definition) is 5. The van der Waals surface area contributed by atoms with Gasteiger partial charge in [0.1, 0.15) is 11.4 Å². The number of carbonyl (C=O) groups excluding carboxylic acids is 1. The summed E-state index contributed by atoms with van der Waals surface area (Å²) in [6, 6.07) is 5.23. The molecule has 1 aromatic rings. The average Bonchev–Trinajstić information content (AvgIpc) is 2.26. The van der Waals surface area contributed by atoms with Crippen LogP contribution in [0, 0.1) is 0 Å². The maximum absolute atomic E-state index is 11.6. The Morgan fingerprint density at radius 1 is 1.32 bits per heavy atom. The van der Waals surface area contributed by atoms with E-state index in [4.69, 9.17) is 9.57 Å². The summed E-state index contributed by atoms with van der Waals surface area (Å²) < 4.78 is 5.10. The van der Waals surface area contributed by atoms with Gasteiger partial charge >= 0.3 is 6.16 Å². The van der Waals surface area contributed by atoms with E-state index in [9.17, 15) is 9.90 Å². The van der Waals surface area contributed by atoms with Gasteiger partial charge in [0.05, 0.1) is 6.54 Å². The van der Waals surface area contributed by atoms with Gasteiger partial charge in [0.2, 0.25) is 0 Å². The van der Waals surface area contributed by atoms with Gasteiger partial charge in [0, 0.05) is 6.54 Å². The number of ether oxygens (including phenoxy) is 1. The van der Waals surface area contributed by atoms with Crippen LogP contribution in [0.5, 0.6) is 5.75 Å². The lowest BCUT2D eigenvalue weighted by molar-refractivity contribution is -0.151. The van der Waals surface area contributed by atoms with E-state index in [2.05, 4.69) is 0 Å². The Hall–Kier alpha value is -1.75. The highest BCUT2D eigenvalue weighted by atomic mass is 16.8. The Bertz CT molecular complexity index is 479. The van der Waals surface area contributed by atoms with Crippen molar-refractivity contribution in [2.75, 3.05) is 6.54 Å². The van der Waals surface area contributed by atoms with Crippen molar-refractivity contribution in [3.05, 3.63) is 29.3 Å². The maximum Gasteiger partial charge on any atom is 0.528 e. The third kappa shape index (κ3) is 3.86. The molecule has 0 amide bonds. The predicted molar refractivity (Wildman–Crippen MR) is 69.5 cm³/mol. The summed E-state index contributed by atoms with van der Waals surface area (Å²) in [5.41, 5.74) is 1.58. The summed E-state index contributed by atoms with van der Waals surface area (Å²) in [5.74, 6) is 0.264. The van der Waals surface area contributed by atoms with Crippen molar-refractivity contribution in [3.63, 3.8) is 0 Å². The van der Waals surface area contributed by atoms with Crippen molar-refractivity contribution >= 4 is 6.16 Å². The Morgan fingerprint density at radius 3 is 2.74 bits per heavy atom. The van der Waals surface area contributed by atoms with Gasteiger partial charge in [0.25, 0.3) is 0 Å². The topological polar surface area (TPSA) is 59.0 Å². The van der Waals surface area contributed by atoms with E-state index < -0.39 is 11.8 Å². The minimum Gasteiger partial charge on any atom is -0.508 e. The van der Waals surface area contributed by atoms with E-state index in [0.29, 0.717) is 13.1 Å². The zero-order valence-corrected chi connectivity index (χ0v) is 11.5. The molecule has 0 aromatic heterocycles. The second kappa shape index (κ2) is 5.09. The molecule has 1 N–H and O–H groups in total. The van der Waals surface area contributed by atoms with E-state index in [0.717, 1.165) is 17.5 Å². The van der Waals surface area contributed by atoms with Gasteiger partial charge in [-0.05, 0) is 50.5 Å². The van der Waals surface area contributed by atoms with E-state index in [1.165, 1.54) is 0 Å². The number of rotatable bonds is 1. The van der Waals surface area contributed by atoms with Crippen LogP contribution in [0.4, 0.5) is 4.79 Å². The lowest BCUT2D eigenvalue weighted by Crippen LogP contribution is -2.35. The highest BCUT2D eigenvalue weighted by Crippen LogP contribution is 2.23. The first-order valence-electron chi connectivity index (χ1n) is 6.30. The molecule has 0 atom stereocenters. The number of phenolic OH excluding ortho intramolecular Hbond substituents is 1. The zero-order chi connectivity index (χ0) is 14.0. The fourth-order valence-corrected chi connectivity index (χ4v) is 1.97. The van der Waals surface area contributed by atoms with Crippen LogP contribution in [0.3, 0.4) is 0 Å². The molecule has 5 nitrogen and oxygen atoms in total. The van der Waals surface area contributed by atoms with Crippen LogP contribution in [0.25, 0.3) is 0 Å². The molecule has 0 saturated carbocycles. The van der Waals surface area contributed by atoms with Crippen LogP contribution in [0.1, 0.15) is 31.9 Å². The third-order valence-corrected chi connectivity index (χ3v) is 2.76. The second-order valence-corrected chi connectivity index (χ2v) is 5.62. The molecule has 104 valence electrons. The monoisotopic (exact) mass is 265 g/mol. The normalized spacial score (nSPS) is 15.7. The second-order valence-electron chi connectivity index (χ2n) is 5.62. The van der Waals surface area contributed by atoms with E-state index in [-0.39, 0.29) is 5.75 Å². The quantitative estimate of drug-likeness (QED) is 0.791. The smallest absolute Gasteiger partial charge is 0.508 e. The molecule has 0 radical (unpaired) electrons.